The van der Waals surface area contributed by atoms with Crippen molar-refractivity contribution in [1.82, 2.24) is 19.4 Å². The Bertz CT molecular complexity index is 647. The van der Waals surface area contributed by atoms with Crippen molar-refractivity contribution in [3.8, 4) is 0 Å². The Morgan fingerprint density at radius 1 is 1.32 bits per heavy atom. The van der Waals surface area contributed by atoms with E-state index in [4.69, 9.17) is 9.72 Å². The summed E-state index contributed by atoms with van der Waals surface area (Å²) in [6, 6.07) is 4.63. The molecule has 2 aliphatic rings. The Morgan fingerprint density at radius 3 is 3.05 bits per heavy atom. The van der Waals surface area contributed by atoms with Crippen molar-refractivity contribution < 1.29 is 4.74 Å². The maximum absolute atomic E-state index is 5.81. The maximum atomic E-state index is 5.81. The van der Waals surface area contributed by atoms with E-state index >= 15 is 0 Å². The minimum Gasteiger partial charge on any atom is -0.378 e. The van der Waals surface area contributed by atoms with Crippen LogP contribution in [-0.4, -0.2) is 51.8 Å². The molecule has 0 radical (unpaired) electrons. The molecule has 4 heterocycles. The molecule has 5 nitrogen and oxygen atoms in total. The molecule has 2 saturated heterocycles. The lowest BCUT2D eigenvalue weighted by Crippen LogP contribution is -2.30. The van der Waals surface area contributed by atoms with Crippen LogP contribution in [-0.2, 0) is 17.7 Å². The van der Waals surface area contributed by atoms with Crippen LogP contribution in [0.1, 0.15) is 31.5 Å². The fourth-order valence-corrected chi connectivity index (χ4v) is 3.78. The Morgan fingerprint density at radius 2 is 2.27 bits per heavy atom. The van der Waals surface area contributed by atoms with Crippen LogP contribution in [0, 0.1) is 0 Å². The van der Waals surface area contributed by atoms with E-state index in [1.165, 1.54) is 25.8 Å². The van der Waals surface area contributed by atoms with Crippen molar-refractivity contribution in [1.29, 1.82) is 0 Å². The van der Waals surface area contributed by atoms with Gasteiger partial charge in [-0.15, -0.1) is 0 Å². The minimum absolute atomic E-state index is 0.330. The third-order valence-corrected chi connectivity index (χ3v) is 5.08. The standard InChI is InChI=1S/C17H24N4O/c1-20-9-3-5-13(20)12-21-16(11-14-6-4-10-22-14)19-15-7-2-8-18-17(15)21/h2,7-8,13-14H,3-6,9-12H2,1H3. The quantitative estimate of drug-likeness (QED) is 0.868. The number of nitrogens with zero attached hydrogens (tertiary/aromatic N) is 4. The summed E-state index contributed by atoms with van der Waals surface area (Å²) in [6.07, 6.45) is 8.00. The van der Waals surface area contributed by atoms with Gasteiger partial charge in [0.2, 0.25) is 0 Å². The predicted molar refractivity (Wildman–Crippen MR) is 85.9 cm³/mol. The highest BCUT2D eigenvalue weighted by atomic mass is 16.5. The number of hydrogen-bond acceptors (Lipinski definition) is 4. The first kappa shape index (κ1) is 14.2. The van der Waals surface area contributed by atoms with Gasteiger partial charge < -0.3 is 14.2 Å². The van der Waals surface area contributed by atoms with E-state index in [2.05, 4.69) is 27.6 Å². The van der Waals surface area contributed by atoms with E-state index < -0.39 is 0 Å². The van der Waals surface area contributed by atoms with Gasteiger partial charge >= 0.3 is 0 Å². The second-order valence-electron chi connectivity index (χ2n) is 6.60. The zero-order valence-corrected chi connectivity index (χ0v) is 13.2. The Labute approximate surface area is 131 Å². The molecule has 0 spiro atoms. The molecule has 0 saturated carbocycles. The van der Waals surface area contributed by atoms with Crippen LogP contribution in [0.15, 0.2) is 18.3 Å². The smallest absolute Gasteiger partial charge is 0.160 e. The first-order valence-electron chi connectivity index (χ1n) is 8.43. The van der Waals surface area contributed by atoms with E-state index in [0.717, 1.165) is 43.0 Å². The zero-order valence-electron chi connectivity index (χ0n) is 13.2. The highest BCUT2D eigenvalue weighted by Crippen LogP contribution is 2.23. The monoisotopic (exact) mass is 300 g/mol. The third kappa shape index (κ3) is 2.63. The number of likely N-dealkylation sites (tertiary alicyclic amines) is 1. The molecule has 0 amide bonds. The summed E-state index contributed by atoms with van der Waals surface area (Å²) in [5, 5.41) is 0. The van der Waals surface area contributed by atoms with Gasteiger partial charge in [-0.2, -0.15) is 0 Å². The number of hydrogen-bond donors (Lipinski definition) is 0. The lowest BCUT2D eigenvalue weighted by Gasteiger charge is -2.21. The van der Waals surface area contributed by atoms with Crippen molar-refractivity contribution in [3.05, 3.63) is 24.2 Å². The number of ether oxygens (including phenoxy) is 1. The van der Waals surface area contributed by atoms with Gasteiger partial charge in [-0.05, 0) is 51.4 Å². The minimum atomic E-state index is 0.330. The van der Waals surface area contributed by atoms with Crippen LogP contribution < -0.4 is 0 Å². The normalized spacial score (nSPS) is 26.2. The molecule has 0 bridgehead atoms. The molecule has 4 rings (SSSR count). The molecule has 118 valence electrons. The Kier molecular flexibility index (Phi) is 3.84. The van der Waals surface area contributed by atoms with Crippen molar-refractivity contribution in [2.75, 3.05) is 20.2 Å². The van der Waals surface area contributed by atoms with Crippen molar-refractivity contribution >= 4 is 11.2 Å². The fourth-order valence-electron chi connectivity index (χ4n) is 3.78. The van der Waals surface area contributed by atoms with Gasteiger partial charge in [0.25, 0.3) is 0 Å². The Hall–Kier alpha value is -1.46. The van der Waals surface area contributed by atoms with Gasteiger partial charge in [0.1, 0.15) is 11.3 Å². The van der Waals surface area contributed by atoms with Crippen LogP contribution in [0.2, 0.25) is 0 Å². The summed E-state index contributed by atoms with van der Waals surface area (Å²) in [4.78, 5) is 11.9. The summed E-state index contributed by atoms with van der Waals surface area (Å²) in [5.41, 5.74) is 2.03. The number of likely N-dealkylation sites (N-methyl/N-ethyl adjacent to an activating group) is 1. The van der Waals surface area contributed by atoms with Crippen molar-refractivity contribution in [2.24, 2.45) is 0 Å². The SMILES string of the molecule is CN1CCCC1Cn1c(CC2CCCO2)nc2cccnc21. The number of fused-ring (bicyclic) bond motifs is 1. The average molecular weight is 300 g/mol. The second-order valence-corrected chi connectivity index (χ2v) is 6.60. The summed E-state index contributed by atoms with van der Waals surface area (Å²) < 4.78 is 8.15. The van der Waals surface area contributed by atoms with Gasteiger partial charge in [0, 0.05) is 31.8 Å². The molecular weight excluding hydrogens is 276 g/mol. The number of imidazole rings is 1. The van der Waals surface area contributed by atoms with Gasteiger partial charge in [0.05, 0.1) is 6.10 Å². The fraction of sp³-hybridized carbons (Fsp3) is 0.647. The first-order chi connectivity index (χ1) is 10.8. The van der Waals surface area contributed by atoms with E-state index in [1.807, 2.05) is 12.3 Å². The largest absolute Gasteiger partial charge is 0.378 e. The molecule has 2 atom stereocenters. The van der Waals surface area contributed by atoms with Crippen LogP contribution in [0.25, 0.3) is 11.2 Å². The zero-order chi connectivity index (χ0) is 14.9. The molecule has 0 aromatic carbocycles. The summed E-state index contributed by atoms with van der Waals surface area (Å²) >= 11 is 0. The van der Waals surface area contributed by atoms with E-state index in [9.17, 15) is 0 Å². The molecule has 22 heavy (non-hydrogen) atoms. The van der Waals surface area contributed by atoms with Gasteiger partial charge in [0.15, 0.2) is 5.65 Å². The predicted octanol–water partition coefficient (Wildman–Crippen LogP) is 2.25. The molecule has 2 fully saturated rings. The highest BCUT2D eigenvalue weighted by Gasteiger charge is 2.25. The maximum Gasteiger partial charge on any atom is 0.160 e. The second kappa shape index (κ2) is 5.97. The van der Waals surface area contributed by atoms with Crippen LogP contribution in [0.3, 0.4) is 0 Å². The topological polar surface area (TPSA) is 43.2 Å². The van der Waals surface area contributed by atoms with Gasteiger partial charge in [-0.3, -0.25) is 0 Å². The van der Waals surface area contributed by atoms with Crippen molar-refractivity contribution in [2.45, 2.75) is 50.8 Å². The molecule has 2 aromatic heterocycles. The van der Waals surface area contributed by atoms with Crippen LogP contribution >= 0.6 is 0 Å². The van der Waals surface area contributed by atoms with E-state index in [0.29, 0.717) is 12.1 Å². The Balaban J connectivity index is 1.66. The van der Waals surface area contributed by atoms with Crippen LogP contribution in [0.5, 0.6) is 0 Å². The number of rotatable bonds is 4. The van der Waals surface area contributed by atoms with E-state index in [-0.39, 0.29) is 0 Å². The summed E-state index contributed by atoms with van der Waals surface area (Å²) in [5.74, 6) is 1.14. The van der Waals surface area contributed by atoms with Gasteiger partial charge in [-0.25, -0.2) is 9.97 Å². The van der Waals surface area contributed by atoms with Gasteiger partial charge in [-0.1, -0.05) is 0 Å². The van der Waals surface area contributed by atoms with Crippen molar-refractivity contribution in [3.63, 3.8) is 0 Å². The molecule has 0 N–H and O–H groups in total. The summed E-state index contributed by atoms with van der Waals surface area (Å²) in [7, 11) is 2.23. The molecule has 2 aliphatic heterocycles. The number of pyridine rings is 1. The first-order valence-corrected chi connectivity index (χ1v) is 8.43. The molecule has 5 heteroatoms. The summed E-state index contributed by atoms with van der Waals surface area (Å²) in [6.45, 7) is 3.09. The highest BCUT2D eigenvalue weighted by molar-refractivity contribution is 5.71. The average Bonchev–Trinajstić information content (AvgIpc) is 3.23. The molecule has 2 aromatic rings. The lowest BCUT2D eigenvalue weighted by molar-refractivity contribution is 0.109. The van der Waals surface area contributed by atoms with E-state index in [1.54, 1.807) is 0 Å². The molecule has 0 aliphatic carbocycles. The molecule has 2 unspecified atom stereocenters. The lowest BCUT2D eigenvalue weighted by atomic mass is 10.1. The third-order valence-electron chi connectivity index (χ3n) is 5.08. The number of aromatic nitrogens is 3. The van der Waals surface area contributed by atoms with Crippen LogP contribution in [0.4, 0.5) is 0 Å². The molecular formula is C17H24N4O.